The average molecular weight is 540 g/mol. The van der Waals surface area contributed by atoms with E-state index in [1.807, 2.05) is 63.0 Å². The number of rotatable bonds is 8. The SMILES string of the molecule is [B][B]c1cc(C(C(=O)N2C[C@H](O)C[C@@H]2C2=N[C@@](C)(c3ccc(-c4ccccc4F)cc3)N(CC)N2)C(C)C)on1. The first-order chi connectivity index (χ1) is 19.2. The molecule has 2 N–H and O–H groups in total. The number of nitrogens with zero attached hydrogens (tertiary/aromatic N) is 4. The summed E-state index contributed by atoms with van der Waals surface area (Å²) in [7, 11) is 6.91. The Morgan fingerprint density at radius 2 is 2.00 bits per heavy atom. The molecule has 3 heterocycles. The Kier molecular flexibility index (Phi) is 7.88. The van der Waals surface area contributed by atoms with E-state index in [-0.39, 0.29) is 24.2 Å². The summed E-state index contributed by atoms with van der Waals surface area (Å²) in [6, 6.07) is 15.6. The van der Waals surface area contributed by atoms with Gasteiger partial charge in [-0.15, -0.1) is 0 Å². The summed E-state index contributed by atoms with van der Waals surface area (Å²) in [5.74, 6) is -0.0429. The number of aromatic nitrogens is 1. The number of aliphatic imine (C=N–C) groups is 1. The van der Waals surface area contributed by atoms with Gasteiger partial charge in [-0.05, 0) is 36.1 Å². The van der Waals surface area contributed by atoms with Crippen molar-refractivity contribution in [1.29, 1.82) is 0 Å². The molecule has 11 heteroatoms. The van der Waals surface area contributed by atoms with E-state index in [2.05, 4.69) is 10.6 Å². The molecule has 1 saturated heterocycles. The average Bonchev–Trinajstić information content (AvgIpc) is 3.66. The van der Waals surface area contributed by atoms with Gasteiger partial charge in [-0.25, -0.2) is 9.38 Å². The van der Waals surface area contributed by atoms with E-state index in [1.54, 1.807) is 23.1 Å². The fourth-order valence-corrected chi connectivity index (χ4v) is 5.74. The van der Waals surface area contributed by atoms with Crippen molar-refractivity contribution in [1.82, 2.24) is 20.5 Å². The quantitative estimate of drug-likeness (QED) is 0.427. The van der Waals surface area contributed by atoms with Crippen molar-refractivity contribution < 1.29 is 18.8 Å². The predicted octanol–water partition coefficient (Wildman–Crippen LogP) is 2.71. The van der Waals surface area contributed by atoms with Crippen molar-refractivity contribution in [3.8, 4) is 11.1 Å². The van der Waals surface area contributed by atoms with E-state index < -0.39 is 23.7 Å². The van der Waals surface area contributed by atoms with Crippen molar-refractivity contribution in [2.45, 2.75) is 57.8 Å². The molecular formula is C29H33B2FN5O3. The molecule has 5 rings (SSSR count). The van der Waals surface area contributed by atoms with Crippen LogP contribution in [-0.4, -0.2) is 72.1 Å². The van der Waals surface area contributed by atoms with Crippen LogP contribution >= 0.6 is 0 Å². The Balaban J connectivity index is 1.45. The molecule has 205 valence electrons. The summed E-state index contributed by atoms with van der Waals surface area (Å²) in [5, 5.41) is 16.6. The molecule has 40 heavy (non-hydrogen) atoms. The van der Waals surface area contributed by atoms with Crippen LogP contribution in [0.1, 0.15) is 51.4 Å². The van der Waals surface area contributed by atoms with Gasteiger partial charge < -0.3 is 20.0 Å². The van der Waals surface area contributed by atoms with Gasteiger partial charge in [0, 0.05) is 38.4 Å². The number of aliphatic hydroxyl groups excluding tert-OH is 1. The number of benzene rings is 2. The minimum atomic E-state index is -0.769. The third-order valence-corrected chi connectivity index (χ3v) is 7.88. The molecule has 0 spiro atoms. The van der Waals surface area contributed by atoms with Gasteiger partial charge in [-0.2, -0.15) is 5.01 Å². The highest BCUT2D eigenvalue weighted by Crippen LogP contribution is 2.37. The van der Waals surface area contributed by atoms with Gasteiger partial charge in [0.1, 0.15) is 30.5 Å². The molecular weight excluding hydrogens is 507 g/mol. The van der Waals surface area contributed by atoms with Crippen LogP contribution in [0.5, 0.6) is 0 Å². The third-order valence-electron chi connectivity index (χ3n) is 7.88. The van der Waals surface area contributed by atoms with Gasteiger partial charge in [0.25, 0.3) is 0 Å². The molecule has 1 fully saturated rings. The summed E-state index contributed by atoms with van der Waals surface area (Å²) < 4.78 is 19.8. The van der Waals surface area contributed by atoms with Gasteiger partial charge in [0.15, 0.2) is 5.66 Å². The number of carbonyl (C=O) groups excluding carboxylic acids is 1. The molecule has 0 saturated carbocycles. The fraction of sp³-hybridized carbons (Fsp3) is 0.414. The molecule has 1 amide bonds. The monoisotopic (exact) mass is 540 g/mol. The largest absolute Gasteiger partial charge is 0.391 e. The lowest BCUT2D eigenvalue weighted by atomic mass is 9.53. The lowest BCUT2D eigenvalue weighted by molar-refractivity contribution is -0.134. The Labute approximate surface area is 236 Å². The molecule has 4 atom stereocenters. The molecule has 2 aliphatic heterocycles. The molecule has 3 radical (unpaired) electrons. The Bertz CT molecular complexity index is 1400. The van der Waals surface area contributed by atoms with Crippen molar-refractivity contribution in [3.05, 3.63) is 71.7 Å². The van der Waals surface area contributed by atoms with E-state index in [9.17, 15) is 14.3 Å². The normalized spacial score (nSPS) is 23.8. The number of hydrogen-bond donors (Lipinski definition) is 2. The van der Waals surface area contributed by atoms with Crippen LogP contribution in [0, 0.1) is 11.7 Å². The lowest BCUT2D eigenvalue weighted by Crippen LogP contribution is -2.51. The molecule has 2 aliphatic rings. The maximum Gasteiger partial charge on any atom is 0.234 e. The van der Waals surface area contributed by atoms with Crippen LogP contribution in [0.2, 0.25) is 0 Å². The summed E-state index contributed by atoms with van der Waals surface area (Å²) in [5.41, 5.74) is 5.34. The van der Waals surface area contributed by atoms with Gasteiger partial charge in [-0.3, -0.25) is 4.79 Å². The van der Waals surface area contributed by atoms with Crippen LogP contribution in [0.3, 0.4) is 0 Å². The summed E-state index contributed by atoms with van der Waals surface area (Å²) in [4.78, 5) is 20.7. The van der Waals surface area contributed by atoms with Crippen LogP contribution in [0.15, 0.2) is 64.1 Å². The second-order valence-corrected chi connectivity index (χ2v) is 10.9. The molecule has 1 aromatic heterocycles. The number of amides is 1. The van der Waals surface area contributed by atoms with Crippen LogP contribution < -0.4 is 11.0 Å². The second-order valence-electron chi connectivity index (χ2n) is 10.9. The number of hydrazine groups is 1. The number of amidine groups is 1. The maximum absolute atomic E-state index is 14.4. The zero-order chi connectivity index (χ0) is 28.6. The molecule has 1 unspecified atom stereocenters. The smallest absolute Gasteiger partial charge is 0.234 e. The lowest BCUT2D eigenvalue weighted by Gasteiger charge is -2.32. The van der Waals surface area contributed by atoms with Gasteiger partial charge in [0.05, 0.1) is 12.1 Å². The first kappa shape index (κ1) is 28.1. The van der Waals surface area contributed by atoms with Crippen molar-refractivity contribution >= 4 is 32.2 Å². The number of aliphatic hydroxyl groups is 1. The second kappa shape index (κ2) is 11.2. The zero-order valence-corrected chi connectivity index (χ0v) is 23.2. The first-order valence-corrected chi connectivity index (χ1v) is 13.7. The van der Waals surface area contributed by atoms with E-state index in [1.165, 1.54) is 13.2 Å². The molecule has 8 nitrogen and oxygen atoms in total. The van der Waals surface area contributed by atoms with E-state index in [4.69, 9.17) is 17.3 Å². The third kappa shape index (κ3) is 5.08. The molecule has 0 aliphatic carbocycles. The summed E-state index contributed by atoms with van der Waals surface area (Å²) >= 11 is 0. The van der Waals surface area contributed by atoms with Crippen LogP contribution in [0.25, 0.3) is 11.1 Å². The first-order valence-electron chi connectivity index (χ1n) is 13.7. The van der Waals surface area contributed by atoms with Crippen molar-refractivity contribution in [2.75, 3.05) is 13.1 Å². The Hall–Kier alpha value is -3.43. The standard InChI is InChI=1S/C29H33B2FN5O3/c1-5-37-29(4,19-12-10-18(11-13-19)21-8-6-7-9-22(21)32)33-27(34-37)23-14-20(38)16-36(23)28(39)26(17(2)3)24-15-25(31-30)35-40-24/h6-13,15,17,20,23,26,38H,5,14,16H2,1-4H3,(H,33,34)/t20-,23-,26?,29-/m1/s1. The fourth-order valence-electron chi connectivity index (χ4n) is 5.74. The molecule has 3 aromatic rings. The number of nitrogens with one attached hydrogen (secondary N) is 1. The minimum absolute atomic E-state index is 0.0756. The number of likely N-dealkylation sites (tertiary alicyclic amines) is 1. The summed E-state index contributed by atoms with van der Waals surface area (Å²) in [6.07, 6.45) is -0.323. The van der Waals surface area contributed by atoms with Crippen molar-refractivity contribution in [2.24, 2.45) is 10.9 Å². The topological polar surface area (TPSA) is 94.2 Å². The Morgan fingerprint density at radius 1 is 1.27 bits per heavy atom. The highest BCUT2D eigenvalue weighted by Gasteiger charge is 2.47. The van der Waals surface area contributed by atoms with E-state index in [0.29, 0.717) is 35.7 Å². The van der Waals surface area contributed by atoms with Crippen molar-refractivity contribution in [3.63, 3.8) is 0 Å². The van der Waals surface area contributed by atoms with Crippen LogP contribution in [-0.2, 0) is 10.5 Å². The number of halogens is 1. The van der Waals surface area contributed by atoms with Gasteiger partial charge in [0.2, 0.25) is 5.91 Å². The van der Waals surface area contributed by atoms with Gasteiger partial charge >= 0.3 is 0 Å². The number of hydrogen-bond acceptors (Lipinski definition) is 7. The predicted molar refractivity (Wildman–Crippen MR) is 153 cm³/mol. The molecule has 0 bridgehead atoms. The Morgan fingerprint density at radius 3 is 2.62 bits per heavy atom. The van der Waals surface area contributed by atoms with E-state index >= 15 is 0 Å². The highest BCUT2D eigenvalue weighted by molar-refractivity contribution is 6.97. The van der Waals surface area contributed by atoms with Crippen LogP contribution in [0.4, 0.5) is 4.39 Å². The number of carbonyl (C=O) groups is 1. The highest BCUT2D eigenvalue weighted by atomic mass is 19.1. The van der Waals surface area contributed by atoms with Gasteiger partial charge in [-0.1, -0.05) is 68.4 Å². The zero-order valence-electron chi connectivity index (χ0n) is 23.2. The maximum atomic E-state index is 14.4. The van der Waals surface area contributed by atoms with E-state index in [0.717, 1.165) is 11.1 Å². The number of β-amino-alcohol motifs (C(OH)–C–C–N with tert-alkyl or cyclic N) is 1. The minimum Gasteiger partial charge on any atom is -0.391 e. The molecule has 2 aromatic carbocycles. The summed E-state index contributed by atoms with van der Waals surface area (Å²) in [6.45, 7) is 8.75.